The first-order valence-electron chi connectivity index (χ1n) is 10.3. The van der Waals surface area contributed by atoms with Gasteiger partial charge in [0.25, 0.3) is 0 Å². The van der Waals surface area contributed by atoms with Crippen molar-refractivity contribution in [2.24, 2.45) is 11.8 Å². The summed E-state index contributed by atoms with van der Waals surface area (Å²) in [5, 5.41) is 14.7. The van der Waals surface area contributed by atoms with Crippen LogP contribution < -0.4 is 5.32 Å². The minimum absolute atomic E-state index is 0.0610. The number of rotatable bonds is 4. The van der Waals surface area contributed by atoms with Gasteiger partial charge < -0.3 is 15.3 Å². The lowest BCUT2D eigenvalue weighted by Crippen LogP contribution is -2.43. The molecule has 1 saturated heterocycles. The highest BCUT2D eigenvalue weighted by molar-refractivity contribution is 6.30. The maximum Gasteiger partial charge on any atom is 0.233 e. The molecule has 29 heavy (non-hydrogen) atoms. The maximum atomic E-state index is 13.4. The molecular formula is C22H25ClN4O2. The van der Waals surface area contributed by atoms with Crippen LogP contribution in [0.25, 0.3) is 0 Å². The molecule has 1 aromatic carbocycles. The number of likely N-dealkylation sites (tertiary alicyclic amines) is 1. The zero-order valence-electron chi connectivity index (χ0n) is 16.2. The van der Waals surface area contributed by atoms with Crippen LogP contribution in [0.3, 0.4) is 0 Å². The van der Waals surface area contributed by atoms with E-state index in [2.05, 4.69) is 15.3 Å². The van der Waals surface area contributed by atoms with E-state index >= 15 is 0 Å². The van der Waals surface area contributed by atoms with Crippen LogP contribution in [0.2, 0.25) is 5.02 Å². The zero-order valence-corrected chi connectivity index (χ0v) is 16.9. The number of fused-ring (bicyclic) bond motifs is 1. The minimum atomic E-state index is -0.445. The molecule has 0 bridgehead atoms. The van der Waals surface area contributed by atoms with E-state index in [0.29, 0.717) is 29.1 Å². The summed E-state index contributed by atoms with van der Waals surface area (Å²) in [6.45, 7) is 1.51. The van der Waals surface area contributed by atoms with Crippen molar-refractivity contribution in [3.05, 3.63) is 53.4 Å². The van der Waals surface area contributed by atoms with Crippen LogP contribution in [0.5, 0.6) is 0 Å². The van der Waals surface area contributed by atoms with Gasteiger partial charge in [0.1, 0.15) is 5.82 Å². The first kappa shape index (κ1) is 18.8. The highest BCUT2D eigenvalue weighted by Gasteiger charge is 2.55. The van der Waals surface area contributed by atoms with Gasteiger partial charge in [-0.25, -0.2) is 4.98 Å². The second-order valence-electron chi connectivity index (χ2n) is 8.70. The van der Waals surface area contributed by atoms with Crippen LogP contribution in [0.15, 0.2) is 42.9 Å². The number of amides is 1. The largest absolute Gasteiger partial charge is 0.391 e. The molecule has 0 spiro atoms. The van der Waals surface area contributed by atoms with E-state index in [0.717, 1.165) is 37.9 Å². The number of anilines is 1. The summed E-state index contributed by atoms with van der Waals surface area (Å²) in [4.78, 5) is 23.8. The standard InChI is InChI=1S/C22H25ClN4O2/c23-17-3-1-16(2-4-17)22(5-6-22)21(29)27-12-14-9-18(19(28)10-15(14)13-27)26-20-11-24-7-8-25-20/h1-4,7-8,11,14-15,18-19,28H,5-6,9-10,12-13H2,(H,25,26)/t14-,15+,18-,19-/m1/s1. The fourth-order valence-corrected chi connectivity index (χ4v) is 5.26. The van der Waals surface area contributed by atoms with Crippen LogP contribution in [0.4, 0.5) is 5.82 Å². The summed E-state index contributed by atoms with van der Waals surface area (Å²) in [5.41, 5.74) is 0.706. The van der Waals surface area contributed by atoms with E-state index in [1.54, 1.807) is 18.6 Å². The summed E-state index contributed by atoms with van der Waals surface area (Å²) >= 11 is 6.02. The molecule has 5 rings (SSSR count). The topological polar surface area (TPSA) is 78.4 Å². The van der Waals surface area contributed by atoms with E-state index in [1.807, 2.05) is 29.2 Å². The van der Waals surface area contributed by atoms with E-state index in [1.165, 1.54) is 0 Å². The second kappa shape index (κ2) is 7.26. The normalized spacial score (nSPS) is 29.9. The maximum absolute atomic E-state index is 13.4. The molecule has 1 aromatic heterocycles. The fraction of sp³-hybridized carbons (Fsp3) is 0.500. The van der Waals surface area contributed by atoms with Gasteiger partial charge in [-0.1, -0.05) is 23.7 Å². The Morgan fingerprint density at radius 1 is 1.14 bits per heavy atom. The van der Waals surface area contributed by atoms with Crippen molar-refractivity contribution in [2.75, 3.05) is 18.4 Å². The molecule has 0 unspecified atom stereocenters. The van der Waals surface area contributed by atoms with Crippen LogP contribution in [-0.4, -0.2) is 51.1 Å². The Balaban J connectivity index is 1.27. The summed E-state index contributed by atoms with van der Waals surface area (Å²) < 4.78 is 0. The van der Waals surface area contributed by atoms with Gasteiger partial charge in [0, 0.05) is 30.5 Å². The number of aliphatic hydroxyl groups is 1. The molecule has 2 aliphatic carbocycles. The lowest BCUT2D eigenvalue weighted by atomic mass is 9.77. The number of halogens is 1. The molecule has 3 aliphatic rings. The monoisotopic (exact) mass is 412 g/mol. The molecule has 0 radical (unpaired) electrons. The van der Waals surface area contributed by atoms with Crippen molar-refractivity contribution in [1.29, 1.82) is 0 Å². The molecule has 3 fully saturated rings. The van der Waals surface area contributed by atoms with E-state index < -0.39 is 6.10 Å². The Bertz CT molecular complexity index is 887. The van der Waals surface area contributed by atoms with Gasteiger partial charge in [-0.15, -0.1) is 0 Å². The second-order valence-corrected chi connectivity index (χ2v) is 9.14. The number of hydrogen-bond donors (Lipinski definition) is 2. The Labute approximate surface area is 175 Å². The number of hydrogen-bond acceptors (Lipinski definition) is 5. The van der Waals surface area contributed by atoms with Crippen molar-refractivity contribution < 1.29 is 9.90 Å². The molecule has 7 heteroatoms. The van der Waals surface area contributed by atoms with Crippen molar-refractivity contribution >= 4 is 23.3 Å². The molecule has 2 N–H and O–H groups in total. The third-order valence-electron chi connectivity index (χ3n) is 6.88. The van der Waals surface area contributed by atoms with Crippen LogP contribution in [-0.2, 0) is 10.2 Å². The number of nitrogens with one attached hydrogen (secondary N) is 1. The molecule has 2 saturated carbocycles. The van der Waals surface area contributed by atoms with Gasteiger partial charge in [-0.05, 0) is 55.2 Å². The molecule has 2 aromatic rings. The first-order valence-corrected chi connectivity index (χ1v) is 10.7. The average molecular weight is 413 g/mol. The van der Waals surface area contributed by atoms with Gasteiger partial charge in [-0.3, -0.25) is 9.78 Å². The zero-order chi connectivity index (χ0) is 20.0. The van der Waals surface area contributed by atoms with Gasteiger partial charge in [-0.2, -0.15) is 0 Å². The predicted octanol–water partition coefficient (Wildman–Crippen LogP) is 2.87. The van der Waals surface area contributed by atoms with Crippen molar-refractivity contribution in [3.63, 3.8) is 0 Å². The Hall–Kier alpha value is -2.18. The summed E-state index contributed by atoms with van der Waals surface area (Å²) in [6, 6.07) is 7.65. The highest BCUT2D eigenvalue weighted by Crippen LogP contribution is 2.51. The van der Waals surface area contributed by atoms with Crippen molar-refractivity contribution in [2.45, 2.75) is 43.2 Å². The molecule has 152 valence electrons. The SMILES string of the molecule is O=C(N1C[C@H]2C[C@@H](Nc3cnccn3)[C@H](O)C[C@H]2C1)C1(c2ccc(Cl)cc2)CC1. The van der Waals surface area contributed by atoms with Gasteiger partial charge in [0.05, 0.1) is 23.8 Å². The molecular weight excluding hydrogens is 388 g/mol. The smallest absolute Gasteiger partial charge is 0.233 e. The van der Waals surface area contributed by atoms with Gasteiger partial charge in [0.2, 0.25) is 5.91 Å². The Morgan fingerprint density at radius 3 is 2.52 bits per heavy atom. The number of aliphatic hydroxyl groups excluding tert-OH is 1. The first-order chi connectivity index (χ1) is 14.0. The number of carbonyl (C=O) groups is 1. The Kier molecular flexibility index (Phi) is 4.71. The minimum Gasteiger partial charge on any atom is -0.391 e. The molecule has 1 amide bonds. The summed E-state index contributed by atoms with van der Waals surface area (Å²) in [7, 11) is 0. The Morgan fingerprint density at radius 2 is 1.86 bits per heavy atom. The molecule has 2 heterocycles. The number of carbonyl (C=O) groups excluding carboxylic acids is 1. The number of aromatic nitrogens is 2. The lowest BCUT2D eigenvalue weighted by Gasteiger charge is -2.35. The number of benzene rings is 1. The summed E-state index contributed by atoms with van der Waals surface area (Å²) in [6.07, 6.45) is 7.85. The van der Waals surface area contributed by atoms with Crippen LogP contribution in [0.1, 0.15) is 31.2 Å². The molecule has 4 atom stereocenters. The van der Waals surface area contributed by atoms with Crippen LogP contribution in [0, 0.1) is 11.8 Å². The van der Waals surface area contributed by atoms with E-state index in [9.17, 15) is 9.90 Å². The van der Waals surface area contributed by atoms with Gasteiger partial charge in [0.15, 0.2) is 0 Å². The predicted molar refractivity (Wildman–Crippen MR) is 111 cm³/mol. The molecule has 6 nitrogen and oxygen atoms in total. The molecule has 1 aliphatic heterocycles. The average Bonchev–Trinajstić information content (AvgIpc) is 3.44. The van der Waals surface area contributed by atoms with Crippen molar-refractivity contribution in [1.82, 2.24) is 14.9 Å². The lowest BCUT2D eigenvalue weighted by molar-refractivity contribution is -0.133. The van der Waals surface area contributed by atoms with Crippen molar-refractivity contribution in [3.8, 4) is 0 Å². The quantitative estimate of drug-likeness (QED) is 0.807. The van der Waals surface area contributed by atoms with Crippen LogP contribution >= 0.6 is 11.6 Å². The fourth-order valence-electron chi connectivity index (χ4n) is 5.14. The third kappa shape index (κ3) is 3.49. The van der Waals surface area contributed by atoms with E-state index in [-0.39, 0.29) is 17.4 Å². The third-order valence-corrected chi connectivity index (χ3v) is 7.13. The van der Waals surface area contributed by atoms with E-state index in [4.69, 9.17) is 11.6 Å². The van der Waals surface area contributed by atoms with Gasteiger partial charge >= 0.3 is 0 Å². The number of nitrogens with zero attached hydrogens (tertiary/aromatic N) is 3. The summed E-state index contributed by atoms with van der Waals surface area (Å²) in [5.74, 6) is 1.68. The highest BCUT2D eigenvalue weighted by atomic mass is 35.5.